The number of amides is 2. The number of carbonyl (C=O) groups excluding carboxylic acids is 2. The molecule has 1 aromatic rings. The van der Waals surface area contributed by atoms with E-state index >= 15 is 0 Å². The van der Waals surface area contributed by atoms with Crippen molar-refractivity contribution in [3.8, 4) is 0 Å². The van der Waals surface area contributed by atoms with Crippen LogP contribution in [0.1, 0.15) is 5.69 Å². The standard InChI is InChI=1S/C10H12N4O2S/c1-13-7(2-4-12-13)6-8-9(15)14(5-3-11)10(16)17-8/h2,4,6H,3,5,11H2,1H3/b8-6+. The number of nitrogens with two attached hydrogens (primary N) is 1. The van der Waals surface area contributed by atoms with Crippen LogP contribution in [0.5, 0.6) is 0 Å². The predicted molar refractivity (Wildman–Crippen MR) is 64.9 cm³/mol. The molecule has 2 heterocycles. The quantitative estimate of drug-likeness (QED) is 0.788. The molecule has 2 N–H and O–H groups in total. The molecule has 1 aliphatic rings. The van der Waals surface area contributed by atoms with Crippen molar-refractivity contribution in [2.24, 2.45) is 12.8 Å². The summed E-state index contributed by atoms with van der Waals surface area (Å²) in [4.78, 5) is 25.0. The second-order valence-corrected chi connectivity index (χ2v) is 4.49. The number of carbonyl (C=O) groups is 2. The van der Waals surface area contributed by atoms with Crippen LogP contribution in [0, 0.1) is 0 Å². The monoisotopic (exact) mass is 252 g/mol. The molecular formula is C10H12N4O2S. The Morgan fingerprint density at radius 1 is 1.53 bits per heavy atom. The molecule has 0 spiro atoms. The van der Waals surface area contributed by atoms with E-state index in [0.717, 1.165) is 22.4 Å². The smallest absolute Gasteiger partial charge is 0.293 e. The van der Waals surface area contributed by atoms with Crippen LogP contribution in [0.25, 0.3) is 6.08 Å². The summed E-state index contributed by atoms with van der Waals surface area (Å²) >= 11 is 0.931. The molecule has 0 aliphatic carbocycles. The van der Waals surface area contributed by atoms with E-state index in [-0.39, 0.29) is 24.2 Å². The maximum atomic E-state index is 11.9. The summed E-state index contributed by atoms with van der Waals surface area (Å²) in [5.74, 6) is -0.286. The van der Waals surface area contributed by atoms with E-state index in [4.69, 9.17) is 5.73 Å². The zero-order valence-electron chi connectivity index (χ0n) is 9.29. The second-order valence-electron chi connectivity index (χ2n) is 3.50. The molecule has 2 amide bonds. The van der Waals surface area contributed by atoms with Gasteiger partial charge in [-0.3, -0.25) is 19.2 Å². The molecule has 0 aromatic carbocycles. The summed E-state index contributed by atoms with van der Waals surface area (Å²) in [5.41, 5.74) is 6.13. The lowest BCUT2D eigenvalue weighted by Crippen LogP contribution is -2.33. The largest absolute Gasteiger partial charge is 0.329 e. The van der Waals surface area contributed by atoms with Gasteiger partial charge in [-0.2, -0.15) is 5.10 Å². The molecule has 1 saturated heterocycles. The van der Waals surface area contributed by atoms with E-state index in [2.05, 4.69) is 5.10 Å². The van der Waals surface area contributed by atoms with Crippen molar-refractivity contribution in [3.05, 3.63) is 22.9 Å². The lowest BCUT2D eigenvalue weighted by molar-refractivity contribution is -0.122. The fourth-order valence-electron chi connectivity index (χ4n) is 1.48. The molecule has 1 aliphatic heterocycles. The van der Waals surface area contributed by atoms with Gasteiger partial charge in [0.25, 0.3) is 11.1 Å². The summed E-state index contributed by atoms with van der Waals surface area (Å²) < 4.78 is 1.64. The number of hydrogen-bond donors (Lipinski definition) is 1. The highest BCUT2D eigenvalue weighted by molar-refractivity contribution is 8.18. The van der Waals surface area contributed by atoms with Gasteiger partial charge in [0.05, 0.1) is 10.6 Å². The molecule has 6 nitrogen and oxygen atoms in total. The SMILES string of the molecule is Cn1nccc1/C=C1/SC(=O)N(CCN)C1=O. The number of thioether (sulfide) groups is 1. The van der Waals surface area contributed by atoms with E-state index in [1.165, 1.54) is 0 Å². The van der Waals surface area contributed by atoms with Crippen LogP contribution >= 0.6 is 11.8 Å². The van der Waals surface area contributed by atoms with E-state index in [0.29, 0.717) is 4.91 Å². The summed E-state index contributed by atoms with van der Waals surface area (Å²) in [6.45, 7) is 0.532. The fourth-order valence-corrected chi connectivity index (χ4v) is 2.33. The molecule has 17 heavy (non-hydrogen) atoms. The van der Waals surface area contributed by atoms with Crippen LogP contribution in [-0.2, 0) is 11.8 Å². The minimum absolute atomic E-state index is 0.257. The first-order valence-corrected chi connectivity index (χ1v) is 5.88. The van der Waals surface area contributed by atoms with E-state index in [1.807, 2.05) is 0 Å². The number of aromatic nitrogens is 2. The van der Waals surface area contributed by atoms with Crippen LogP contribution < -0.4 is 5.73 Å². The van der Waals surface area contributed by atoms with Crippen LogP contribution in [0.15, 0.2) is 17.2 Å². The Morgan fingerprint density at radius 2 is 2.29 bits per heavy atom. The second kappa shape index (κ2) is 4.72. The highest BCUT2D eigenvalue weighted by Gasteiger charge is 2.34. The number of nitrogens with zero attached hydrogens (tertiary/aromatic N) is 3. The van der Waals surface area contributed by atoms with Crippen LogP contribution in [0.2, 0.25) is 0 Å². The Labute approximate surface area is 102 Å². The van der Waals surface area contributed by atoms with Gasteiger partial charge in [-0.1, -0.05) is 0 Å². The van der Waals surface area contributed by atoms with Gasteiger partial charge in [-0.15, -0.1) is 0 Å². The number of aryl methyl sites for hydroxylation is 1. The lowest BCUT2D eigenvalue weighted by atomic mass is 10.3. The van der Waals surface area contributed by atoms with Crippen molar-refractivity contribution >= 4 is 29.0 Å². The number of hydrogen-bond acceptors (Lipinski definition) is 5. The molecule has 0 saturated carbocycles. The normalized spacial score (nSPS) is 18.5. The van der Waals surface area contributed by atoms with Crippen LogP contribution in [-0.4, -0.2) is 38.9 Å². The molecule has 1 aromatic heterocycles. The van der Waals surface area contributed by atoms with Crippen molar-refractivity contribution in [1.82, 2.24) is 14.7 Å². The minimum atomic E-state index is -0.286. The van der Waals surface area contributed by atoms with Crippen molar-refractivity contribution < 1.29 is 9.59 Å². The number of rotatable bonds is 3. The van der Waals surface area contributed by atoms with Crippen molar-refractivity contribution in [3.63, 3.8) is 0 Å². The van der Waals surface area contributed by atoms with Gasteiger partial charge in [0, 0.05) is 26.3 Å². The van der Waals surface area contributed by atoms with Gasteiger partial charge >= 0.3 is 0 Å². The van der Waals surface area contributed by atoms with Crippen molar-refractivity contribution in [2.45, 2.75) is 0 Å². The average molecular weight is 252 g/mol. The first-order chi connectivity index (χ1) is 8.13. The van der Waals surface area contributed by atoms with Gasteiger partial charge in [0.1, 0.15) is 0 Å². The molecule has 0 bridgehead atoms. The maximum absolute atomic E-state index is 11.9. The first kappa shape index (κ1) is 11.9. The van der Waals surface area contributed by atoms with Gasteiger partial charge in [-0.25, -0.2) is 0 Å². The zero-order valence-corrected chi connectivity index (χ0v) is 10.1. The zero-order chi connectivity index (χ0) is 12.4. The molecule has 7 heteroatoms. The first-order valence-electron chi connectivity index (χ1n) is 5.07. The third kappa shape index (κ3) is 2.25. The molecule has 1 fully saturated rings. The Balaban J connectivity index is 2.25. The van der Waals surface area contributed by atoms with E-state index in [9.17, 15) is 9.59 Å². The van der Waals surface area contributed by atoms with Gasteiger partial charge < -0.3 is 5.73 Å². The molecule has 0 radical (unpaired) electrons. The third-order valence-corrected chi connectivity index (χ3v) is 3.27. The number of imide groups is 1. The molecule has 90 valence electrons. The third-order valence-electron chi connectivity index (χ3n) is 2.36. The summed E-state index contributed by atoms with van der Waals surface area (Å²) in [6.07, 6.45) is 3.30. The summed E-state index contributed by atoms with van der Waals surface area (Å²) in [5, 5.41) is 3.72. The highest BCUT2D eigenvalue weighted by Crippen LogP contribution is 2.31. The molecule has 2 rings (SSSR count). The lowest BCUT2D eigenvalue weighted by Gasteiger charge is -2.09. The topological polar surface area (TPSA) is 81.2 Å². The Hall–Kier alpha value is -1.60. The van der Waals surface area contributed by atoms with E-state index < -0.39 is 0 Å². The molecule has 0 unspecified atom stereocenters. The Bertz CT molecular complexity index is 494. The molecule has 0 atom stereocenters. The maximum Gasteiger partial charge on any atom is 0.293 e. The van der Waals surface area contributed by atoms with Gasteiger partial charge in [-0.05, 0) is 23.9 Å². The Kier molecular flexibility index (Phi) is 3.30. The minimum Gasteiger partial charge on any atom is -0.329 e. The predicted octanol–water partition coefficient (Wildman–Crippen LogP) is 0.415. The van der Waals surface area contributed by atoms with Gasteiger partial charge in [0.2, 0.25) is 0 Å². The van der Waals surface area contributed by atoms with Crippen molar-refractivity contribution in [2.75, 3.05) is 13.1 Å². The average Bonchev–Trinajstić information content (AvgIpc) is 2.79. The summed E-state index contributed by atoms with van der Waals surface area (Å²) in [7, 11) is 1.77. The Morgan fingerprint density at radius 3 is 2.88 bits per heavy atom. The van der Waals surface area contributed by atoms with Crippen molar-refractivity contribution in [1.29, 1.82) is 0 Å². The van der Waals surface area contributed by atoms with E-state index in [1.54, 1.807) is 30.1 Å². The molecular weight excluding hydrogens is 240 g/mol. The summed E-state index contributed by atoms with van der Waals surface area (Å²) in [6, 6.07) is 1.77. The van der Waals surface area contributed by atoms with Crippen LogP contribution in [0.4, 0.5) is 4.79 Å². The fraction of sp³-hybridized carbons (Fsp3) is 0.300. The highest BCUT2D eigenvalue weighted by atomic mass is 32.2. The van der Waals surface area contributed by atoms with Gasteiger partial charge in [0.15, 0.2) is 0 Å². The van der Waals surface area contributed by atoms with Crippen LogP contribution in [0.3, 0.4) is 0 Å².